The number of aromatic hydroxyl groups is 1. The number of phenols is 1. The molecule has 0 saturated heterocycles. The van der Waals surface area contributed by atoms with Gasteiger partial charge in [0.15, 0.2) is 5.75 Å². The maximum atomic E-state index is 11.6. The van der Waals surface area contributed by atoms with Gasteiger partial charge in [0.2, 0.25) is 10.0 Å². The molecule has 4 nitrogen and oxygen atoms in total. The second-order valence-corrected chi connectivity index (χ2v) is 6.30. The Bertz CT molecular complexity index is 482. The number of sulfonamides is 1. The predicted octanol–water partition coefficient (Wildman–Crippen LogP) is 2.06. The fraction of sp³-hybridized carbons (Fsp3) is 0.333. The topological polar surface area (TPSA) is 66.4 Å². The van der Waals surface area contributed by atoms with Gasteiger partial charge < -0.3 is 5.11 Å². The van der Waals surface area contributed by atoms with Crippen LogP contribution >= 0.6 is 15.9 Å². The summed E-state index contributed by atoms with van der Waals surface area (Å²) in [6.07, 6.45) is 1.40. The van der Waals surface area contributed by atoms with Gasteiger partial charge >= 0.3 is 0 Å². The third-order valence-corrected chi connectivity index (χ3v) is 4.70. The van der Waals surface area contributed by atoms with E-state index < -0.39 is 10.0 Å². The molecule has 82 valence electrons. The number of rotatable bonds is 3. The zero-order valence-electron chi connectivity index (χ0n) is 7.77. The molecule has 1 saturated carbocycles. The Kier molecular flexibility index (Phi) is 2.64. The number of benzene rings is 1. The third kappa shape index (κ3) is 2.26. The first-order chi connectivity index (χ1) is 7.00. The van der Waals surface area contributed by atoms with Crippen molar-refractivity contribution < 1.29 is 13.5 Å². The van der Waals surface area contributed by atoms with Crippen molar-refractivity contribution >= 4 is 31.6 Å². The maximum Gasteiger partial charge on any atom is 0.235 e. The predicted molar refractivity (Wildman–Crippen MR) is 61.4 cm³/mol. The molecule has 0 amide bonds. The maximum absolute atomic E-state index is 11.6. The molecule has 0 radical (unpaired) electrons. The van der Waals surface area contributed by atoms with E-state index in [9.17, 15) is 13.5 Å². The first-order valence-electron chi connectivity index (χ1n) is 4.50. The summed E-state index contributed by atoms with van der Waals surface area (Å²) in [4.78, 5) is 0. The molecule has 6 heteroatoms. The molecular weight excluding hydrogens is 282 g/mol. The molecule has 15 heavy (non-hydrogen) atoms. The average molecular weight is 292 g/mol. The van der Waals surface area contributed by atoms with Crippen molar-refractivity contribution in [3.8, 4) is 5.75 Å². The summed E-state index contributed by atoms with van der Waals surface area (Å²) in [6, 6.07) is 4.83. The summed E-state index contributed by atoms with van der Waals surface area (Å²) in [5.41, 5.74) is 0.219. The summed E-state index contributed by atoms with van der Waals surface area (Å²) >= 11 is 3.12. The van der Waals surface area contributed by atoms with Gasteiger partial charge in [-0.3, -0.25) is 4.72 Å². The minimum Gasteiger partial charge on any atom is -0.505 e. The minimum absolute atomic E-state index is 0.0817. The summed E-state index contributed by atoms with van der Waals surface area (Å²) in [7, 11) is -3.31. The van der Waals surface area contributed by atoms with Crippen LogP contribution in [0.4, 0.5) is 5.69 Å². The van der Waals surface area contributed by atoms with Crippen LogP contribution in [0.15, 0.2) is 22.7 Å². The lowest BCUT2D eigenvalue weighted by Crippen LogP contribution is -2.17. The zero-order chi connectivity index (χ0) is 11.1. The van der Waals surface area contributed by atoms with Gasteiger partial charge in [-0.15, -0.1) is 0 Å². The van der Waals surface area contributed by atoms with Crippen LogP contribution < -0.4 is 4.72 Å². The van der Waals surface area contributed by atoms with Crippen molar-refractivity contribution in [2.75, 3.05) is 4.72 Å². The second-order valence-electron chi connectivity index (χ2n) is 3.48. The van der Waals surface area contributed by atoms with E-state index in [0.717, 1.165) is 0 Å². The molecule has 0 bridgehead atoms. The highest BCUT2D eigenvalue weighted by atomic mass is 79.9. The van der Waals surface area contributed by atoms with Crippen molar-refractivity contribution in [1.29, 1.82) is 0 Å². The van der Waals surface area contributed by atoms with Crippen LogP contribution in [0.3, 0.4) is 0 Å². The van der Waals surface area contributed by atoms with Gasteiger partial charge in [-0.05, 0) is 40.9 Å². The monoisotopic (exact) mass is 291 g/mol. The van der Waals surface area contributed by atoms with Gasteiger partial charge in [-0.2, -0.15) is 0 Å². The van der Waals surface area contributed by atoms with E-state index in [0.29, 0.717) is 17.3 Å². The number of phenolic OH excluding ortho intramolecular Hbond substituents is 1. The van der Waals surface area contributed by atoms with Gasteiger partial charge in [-0.1, -0.05) is 6.07 Å². The Morgan fingerprint density at radius 3 is 2.67 bits per heavy atom. The van der Waals surface area contributed by atoms with Gasteiger partial charge in [-0.25, -0.2) is 8.42 Å². The molecule has 2 rings (SSSR count). The number of nitrogens with one attached hydrogen (secondary N) is 1. The Morgan fingerprint density at radius 2 is 2.07 bits per heavy atom. The van der Waals surface area contributed by atoms with Crippen molar-refractivity contribution in [1.82, 2.24) is 0 Å². The molecule has 1 fully saturated rings. The number of hydrogen-bond acceptors (Lipinski definition) is 3. The molecule has 0 heterocycles. The van der Waals surface area contributed by atoms with Gasteiger partial charge in [0.05, 0.1) is 15.4 Å². The lowest BCUT2D eigenvalue weighted by atomic mass is 10.3. The molecule has 0 spiro atoms. The van der Waals surface area contributed by atoms with E-state index in [2.05, 4.69) is 20.7 Å². The van der Waals surface area contributed by atoms with Gasteiger partial charge in [0, 0.05) is 0 Å². The van der Waals surface area contributed by atoms with Crippen LogP contribution in [0.5, 0.6) is 5.75 Å². The van der Waals surface area contributed by atoms with Crippen LogP contribution in [0.2, 0.25) is 0 Å². The minimum atomic E-state index is -3.31. The van der Waals surface area contributed by atoms with Crippen LogP contribution in [-0.2, 0) is 10.0 Å². The van der Waals surface area contributed by atoms with Crippen LogP contribution in [0, 0.1) is 0 Å². The average Bonchev–Trinajstić information content (AvgIpc) is 2.95. The fourth-order valence-corrected chi connectivity index (χ4v) is 2.97. The van der Waals surface area contributed by atoms with Crippen molar-refractivity contribution in [3.05, 3.63) is 22.7 Å². The largest absolute Gasteiger partial charge is 0.505 e. The van der Waals surface area contributed by atoms with E-state index in [1.165, 1.54) is 6.07 Å². The van der Waals surface area contributed by atoms with Crippen molar-refractivity contribution in [3.63, 3.8) is 0 Å². The normalized spacial score (nSPS) is 16.3. The third-order valence-electron chi connectivity index (χ3n) is 2.20. The van der Waals surface area contributed by atoms with Gasteiger partial charge in [0.1, 0.15) is 0 Å². The summed E-state index contributed by atoms with van der Waals surface area (Å²) < 4.78 is 26.0. The number of halogens is 1. The van der Waals surface area contributed by atoms with E-state index in [1.54, 1.807) is 12.1 Å². The zero-order valence-corrected chi connectivity index (χ0v) is 10.2. The lowest BCUT2D eigenvalue weighted by Gasteiger charge is -2.09. The summed E-state index contributed by atoms with van der Waals surface area (Å²) in [6.45, 7) is 0. The van der Waals surface area contributed by atoms with E-state index >= 15 is 0 Å². The molecule has 1 aliphatic rings. The molecule has 2 N–H and O–H groups in total. The first kappa shape index (κ1) is 10.8. The molecule has 0 unspecified atom stereocenters. The lowest BCUT2D eigenvalue weighted by molar-refractivity contribution is 0.474. The van der Waals surface area contributed by atoms with Crippen molar-refractivity contribution in [2.45, 2.75) is 18.1 Å². The smallest absolute Gasteiger partial charge is 0.235 e. The van der Waals surface area contributed by atoms with Crippen LogP contribution in [-0.4, -0.2) is 18.8 Å². The Hall–Kier alpha value is -0.750. The summed E-state index contributed by atoms with van der Waals surface area (Å²) in [5, 5.41) is 9.29. The van der Waals surface area contributed by atoms with E-state index in [-0.39, 0.29) is 16.7 Å². The quantitative estimate of drug-likeness (QED) is 0.838. The standard InChI is InChI=1S/C9H10BrNO3S/c10-7-2-1-3-8(9(7)12)11-15(13,14)6-4-5-6/h1-3,6,11-12H,4-5H2. The van der Waals surface area contributed by atoms with E-state index in [4.69, 9.17) is 0 Å². The Morgan fingerprint density at radius 1 is 1.40 bits per heavy atom. The molecule has 1 aromatic carbocycles. The molecule has 0 aliphatic heterocycles. The molecule has 0 atom stereocenters. The highest BCUT2D eigenvalue weighted by molar-refractivity contribution is 9.10. The number of hydrogen-bond donors (Lipinski definition) is 2. The van der Waals surface area contributed by atoms with E-state index in [1.807, 2.05) is 0 Å². The molecular formula is C9H10BrNO3S. The van der Waals surface area contributed by atoms with Crippen LogP contribution in [0.1, 0.15) is 12.8 Å². The Labute approximate surface area is 96.5 Å². The summed E-state index contributed by atoms with van der Waals surface area (Å²) in [5.74, 6) is -0.0817. The van der Waals surface area contributed by atoms with Gasteiger partial charge in [0.25, 0.3) is 0 Å². The molecule has 0 aromatic heterocycles. The van der Waals surface area contributed by atoms with Crippen LogP contribution in [0.25, 0.3) is 0 Å². The fourth-order valence-electron chi connectivity index (χ4n) is 1.21. The SMILES string of the molecule is O=S(=O)(Nc1cccc(Br)c1O)C1CC1. The number of anilines is 1. The van der Waals surface area contributed by atoms with Crippen molar-refractivity contribution in [2.24, 2.45) is 0 Å². The molecule has 1 aromatic rings. The molecule has 1 aliphatic carbocycles. The first-order valence-corrected chi connectivity index (χ1v) is 6.84. The number of para-hydroxylation sites is 1. The second kappa shape index (κ2) is 3.68. The highest BCUT2D eigenvalue weighted by Gasteiger charge is 2.36. The highest BCUT2D eigenvalue weighted by Crippen LogP contribution is 2.35. The Balaban J connectivity index is 2.28.